The lowest BCUT2D eigenvalue weighted by molar-refractivity contribution is -0.139. The smallest absolute Gasteiger partial charge is 0.338 e. The molecule has 0 aliphatic carbocycles. The summed E-state index contributed by atoms with van der Waals surface area (Å²) in [5.74, 6) is 1.98. The number of methoxy groups -OCH3 is 1. The Balaban J connectivity index is 2.00. The van der Waals surface area contributed by atoms with Crippen LogP contribution in [0.2, 0.25) is 0 Å². The number of ether oxygens (including phenoxy) is 2. The van der Waals surface area contributed by atoms with Gasteiger partial charge in [-0.1, -0.05) is 50.6 Å². The van der Waals surface area contributed by atoms with Gasteiger partial charge in [-0.25, -0.2) is 9.48 Å². The molecule has 1 unspecified atom stereocenters. The number of hydrogen-bond acceptors (Lipinski definition) is 7. The number of nitrogens with one attached hydrogen (secondary N) is 1. The molecule has 3 rings (SSSR count). The van der Waals surface area contributed by atoms with Crippen LogP contribution < -0.4 is 10.1 Å². The summed E-state index contributed by atoms with van der Waals surface area (Å²) in [4.78, 5) is 17.7. The topological polar surface area (TPSA) is 78.3 Å². The van der Waals surface area contributed by atoms with Gasteiger partial charge in [0.1, 0.15) is 11.8 Å². The number of esters is 1. The van der Waals surface area contributed by atoms with Crippen LogP contribution in [0.15, 0.2) is 40.7 Å². The number of thioether (sulfide) groups is 1. The van der Waals surface area contributed by atoms with Crippen molar-refractivity contribution in [3.05, 3.63) is 41.1 Å². The van der Waals surface area contributed by atoms with Crippen molar-refractivity contribution >= 4 is 23.7 Å². The van der Waals surface area contributed by atoms with Crippen molar-refractivity contribution in [3.8, 4) is 5.75 Å². The third-order valence-corrected chi connectivity index (χ3v) is 5.85. The predicted octanol–water partition coefficient (Wildman–Crippen LogP) is 4.81. The Hall–Kier alpha value is -2.48. The number of benzene rings is 1. The maximum atomic E-state index is 13.0. The van der Waals surface area contributed by atoms with Gasteiger partial charge in [-0.05, 0) is 37.5 Å². The summed E-state index contributed by atoms with van der Waals surface area (Å²) < 4.78 is 12.8. The van der Waals surface area contributed by atoms with Crippen molar-refractivity contribution in [1.82, 2.24) is 14.8 Å². The predicted molar refractivity (Wildman–Crippen MR) is 119 cm³/mol. The fraction of sp³-hybridized carbons (Fsp3) is 0.500. The van der Waals surface area contributed by atoms with E-state index in [0.29, 0.717) is 23.3 Å². The summed E-state index contributed by atoms with van der Waals surface area (Å²) in [6.45, 7) is 6.51. The SMILES string of the molecule is CCCCOC(=O)C1=C(C)Nc2nc(SCCCC)nn2C1c1cccc(OC)c1. The first kappa shape index (κ1) is 22.2. The van der Waals surface area contributed by atoms with Crippen LogP contribution in [0.1, 0.15) is 58.1 Å². The van der Waals surface area contributed by atoms with Gasteiger partial charge in [0.15, 0.2) is 0 Å². The van der Waals surface area contributed by atoms with Crippen LogP contribution >= 0.6 is 11.8 Å². The quantitative estimate of drug-likeness (QED) is 0.329. The van der Waals surface area contributed by atoms with Crippen molar-refractivity contribution in [1.29, 1.82) is 0 Å². The average Bonchev–Trinajstić information content (AvgIpc) is 3.15. The van der Waals surface area contributed by atoms with Crippen LogP contribution in [0, 0.1) is 0 Å². The highest BCUT2D eigenvalue weighted by Crippen LogP contribution is 2.37. The van der Waals surface area contributed by atoms with Crippen molar-refractivity contribution in [3.63, 3.8) is 0 Å². The van der Waals surface area contributed by atoms with E-state index in [1.54, 1.807) is 23.6 Å². The van der Waals surface area contributed by atoms with E-state index in [1.165, 1.54) is 0 Å². The molecule has 1 aliphatic rings. The number of rotatable bonds is 10. The van der Waals surface area contributed by atoms with Crippen LogP contribution in [-0.4, -0.2) is 40.2 Å². The summed E-state index contributed by atoms with van der Waals surface area (Å²) >= 11 is 1.63. The molecule has 1 atom stereocenters. The highest BCUT2D eigenvalue weighted by molar-refractivity contribution is 7.99. The van der Waals surface area contributed by atoms with Crippen molar-refractivity contribution in [2.75, 3.05) is 24.8 Å². The molecule has 0 amide bonds. The molecule has 2 heterocycles. The Morgan fingerprint density at radius 2 is 2.07 bits per heavy atom. The van der Waals surface area contributed by atoms with E-state index in [0.717, 1.165) is 48.4 Å². The fourth-order valence-electron chi connectivity index (χ4n) is 3.27. The van der Waals surface area contributed by atoms with E-state index in [2.05, 4.69) is 24.1 Å². The molecule has 1 aromatic carbocycles. The largest absolute Gasteiger partial charge is 0.497 e. The van der Waals surface area contributed by atoms with Crippen molar-refractivity contribution in [2.45, 2.75) is 57.7 Å². The number of carbonyl (C=O) groups excluding carboxylic acids is 1. The molecule has 0 bridgehead atoms. The number of aromatic nitrogens is 3. The number of hydrogen-bond donors (Lipinski definition) is 1. The Bertz CT molecular complexity index is 910. The van der Waals surface area contributed by atoms with Crippen molar-refractivity contribution < 1.29 is 14.3 Å². The van der Waals surface area contributed by atoms with Gasteiger partial charge in [-0.3, -0.25) is 0 Å². The molecule has 0 saturated carbocycles. The van der Waals surface area contributed by atoms with Gasteiger partial charge in [-0.15, -0.1) is 5.10 Å². The normalized spacial score (nSPS) is 15.5. The zero-order valence-corrected chi connectivity index (χ0v) is 18.9. The van der Waals surface area contributed by atoms with Gasteiger partial charge >= 0.3 is 5.97 Å². The molecular weight excluding hydrogens is 400 g/mol. The summed E-state index contributed by atoms with van der Waals surface area (Å²) in [7, 11) is 1.63. The Morgan fingerprint density at radius 3 is 2.80 bits per heavy atom. The highest BCUT2D eigenvalue weighted by atomic mass is 32.2. The minimum absolute atomic E-state index is 0.331. The minimum Gasteiger partial charge on any atom is -0.497 e. The summed E-state index contributed by atoms with van der Waals surface area (Å²) in [5.41, 5.74) is 2.17. The molecular formula is C22H30N4O3S. The molecule has 0 saturated heterocycles. The van der Waals surface area contributed by atoms with E-state index >= 15 is 0 Å². The lowest BCUT2D eigenvalue weighted by Gasteiger charge is -2.28. The van der Waals surface area contributed by atoms with E-state index in [9.17, 15) is 4.79 Å². The second kappa shape index (κ2) is 10.5. The second-order valence-corrected chi connectivity index (χ2v) is 8.26. The highest BCUT2D eigenvalue weighted by Gasteiger charge is 2.35. The molecule has 1 aliphatic heterocycles. The third-order valence-electron chi connectivity index (χ3n) is 4.92. The van der Waals surface area contributed by atoms with Gasteiger partial charge < -0.3 is 14.8 Å². The fourth-order valence-corrected chi connectivity index (χ4v) is 4.18. The molecule has 7 nitrogen and oxygen atoms in total. The Labute approximate surface area is 182 Å². The van der Waals surface area contributed by atoms with Crippen LogP contribution in [0.4, 0.5) is 5.95 Å². The minimum atomic E-state index is -0.432. The maximum absolute atomic E-state index is 13.0. The van der Waals surface area contributed by atoms with E-state index < -0.39 is 6.04 Å². The number of anilines is 1. The van der Waals surface area contributed by atoms with Crippen molar-refractivity contribution in [2.24, 2.45) is 0 Å². The number of unbranched alkanes of at least 4 members (excludes halogenated alkanes) is 2. The van der Waals surface area contributed by atoms with E-state index in [1.807, 2.05) is 31.2 Å². The van der Waals surface area contributed by atoms with Gasteiger partial charge in [0, 0.05) is 11.4 Å². The van der Waals surface area contributed by atoms with Gasteiger partial charge in [0.05, 0.1) is 19.3 Å². The van der Waals surface area contributed by atoms with Crippen LogP contribution in [0.5, 0.6) is 5.75 Å². The number of carbonyl (C=O) groups is 1. The molecule has 0 fully saturated rings. The number of fused-ring (bicyclic) bond motifs is 1. The third kappa shape index (κ3) is 4.98. The molecule has 1 aromatic heterocycles. The standard InChI is InChI=1S/C22H30N4O3S/c1-5-7-12-29-20(27)18-15(3)23-21-24-22(30-13-8-6-2)25-26(21)19(18)16-10-9-11-17(14-16)28-4/h9-11,14,19H,5-8,12-13H2,1-4H3,(H,23,24,25). The number of nitrogens with zero attached hydrogens (tertiary/aromatic N) is 3. The average molecular weight is 431 g/mol. The van der Waals surface area contributed by atoms with Crippen LogP contribution in [-0.2, 0) is 9.53 Å². The molecule has 2 aromatic rings. The van der Waals surface area contributed by atoms with Gasteiger partial charge in [0.2, 0.25) is 11.1 Å². The molecule has 8 heteroatoms. The second-order valence-electron chi connectivity index (χ2n) is 7.20. The van der Waals surface area contributed by atoms with Crippen LogP contribution in [0.25, 0.3) is 0 Å². The van der Waals surface area contributed by atoms with E-state index in [-0.39, 0.29) is 5.97 Å². The lowest BCUT2D eigenvalue weighted by Crippen LogP contribution is -2.29. The molecule has 162 valence electrons. The Kier molecular flexibility index (Phi) is 7.79. The maximum Gasteiger partial charge on any atom is 0.338 e. The first-order valence-corrected chi connectivity index (χ1v) is 11.5. The van der Waals surface area contributed by atoms with Gasteiger partial charge in [0.25, 0.3) is 0 Å². The first-order chi connectivity index (χ1) is 14.6. The lowest BCUT2D eigenvalue weighted by atomic mass is 9.95. The summed E-state index contributed by atoms with van der Waals surface area (Å²) in [6, 6.07) is 7.27. The zero-order chi connectivity index (χ0) is 21.5. The first-order valence-electron chi connectivity index (χ1n) is 10.5. The van der Waals surface area contributed by atoms with Gasteiger partial charge in [-0.2, -0.15) is 4.98 Å². The monoisotopic (exact) mass is 430 g/mol. The van der Waals surface area contributed by atoms with E-state index in [4.69, 9.17) is 14.6 Å². The molecule has 30 heavy (non-hydrogen) atoms. The molecule has 0 radical (unpaired) electrons. The molecule has 1 N–H and O–H groups in total. The molecule has 0 spiro atoms. The van der Waals surface area contributed by atoms with Crippen LogP contribution in [0.3, 0.4) is 0 Å². The summed E-state index contributed by atoms with van der Waals surface area (Å²) in [6.07, 6.45) is 4.03. The Morgan fingerprint density at radius 1 is 1.27 bits per heavy atom. The number of allylic oxidation sites excluding steroid dienone is 1. The summed E-state index contributed by atoms with van der Waals surface area (Å²) in [5, 5.41) is 8.67. The zero-order valence-electron chi connectivity index (χ0n) is 18.1.